The Morgan fingerprint density at radius 3 is 2.95 bits per heavy atom. The fourth-order valence-electron chi connectivity index (χ4n) is 2.08. The fraction of sp³-hybridized carbons (Fsp3) is 0. The SMILES string of the molecule is O=C(c1nc(Nc2cc[nH]n2)n2cccc2n1)c1cccs1. The van der Waals surface area contributed by atoms with Crippen LogP contribution in [0.2, 0.25) is 0 Å². The first kappa shape index (κ1) is 12.7. The van der Waals surface area contributed by atoms with Crippen molar-refractivity contribution in [2.24, 2.45) is 0 Å². The Balaban J connectivity index is 1.81. The number of nitrogens with zero attached hydrogens (tertiary/aromatic N) is 4. The van der Waals surface area contributed by atoms with E-state index < -0.39 is 0 Å². The van der Waals surface area contributed by atoms with Crippen LogP contribution < -0.4 is 5.32 Å². The molecule has 0 fully saturated rings. The molecule has 4 rings (SSSR count). The molecule has 0 aliphatic heterocycles. The molecule has 2 N–H and O–H groups in total. The van der Waals surface area contributed by atoms with E-state index in [1.165, 1.54) is 11.3 Å². The van der Waals surface area contributed by atoms with Crippen LogP contribution in [0.1, 0.15) is 15.5 Å². The average molecular weight is 310 g/mol. The molecule has 4 aromatic heterocycles. The molecule has 0 unspecified atom stereocenters. The van der Waals surface area contributed by atoms with Crippen molar-refractivity contribution < 1.29 is 4.79 Å². The number of ketones is 1. The van der Waals surface area contributed by atoms with Crippen molar-refractivity contribution in [1.82, 2.24) is 24.6 Å². The number of fused-ring (bicyclic) bond motifs is 1. The van der Waals surface area contributed by atoms with Gasteiger partial charge in [-0.05, 0) is 23.6 Å². The molecule has 0 atom stereocenters. The Kier molecular flexibility index (Phi) is 2.94. The lowest BCUT2D eigenvalue weighted by Crippen LogP contribution is -2.11. The third-order valence-corrected chi connectivity index (χ3v) is 3.94. The standard InChI is InChI=1S/C14H10N6OS/c21-12(9-3-2-8-22-9)13-17-11-4-1-7-20(11)14(18-13)16-10-5-6-15-19-10/h1-8H,(H2,15,16,17,18,19). The number of anilines is 2. The molecule has 0 bridgehead atoms. The molecule has 4 aromatic rings. The van der Waals surface area contributed by atoms with E-state index >= 15 is 0 Å². The Bertz CT molecular complexity index is 926. The summed E-state index contributed by atoms with van der Waals surface area (Å²) in [7, 11) is 0. The lowest BCUT2D eigenvalue weighted by molar-refractivity contribution is 0.103. The minimum absolute atomic E-state index is 0.159. The Morgan fingerprint density at radius 1 is 1.23 bits per heavy atom. The van der Waals surface area contributed by atoms with Gasteiger partial charge in [-0.2, -0.15) is 10.1 Å². The number of H-pyrrole nitrogens is 1. The molecule has 108 valence electrons. The first-order chi connectivity index (χ1) is 10.8. The predicted octanol–water partition coefficient (Wildman–Crippen LogP) is 2.49. The highest BCUT2D eigenvalue weighted by molar-refractivity contribution is 7.12. The van der Waals surface area contributed by atoms with Gasteiger partial charge in [-0.3, -0.25) is 14.3 Å². The largest absolute Gasteiger partial charge is 0.308 e. The third-order valence-electron chi connectivity index (χ3n) is 3.08. The lowest BCUT2D eigenvalue weighted by atomic mass is 10.3. The zero-order valence-electron chi connectivity index (χ0n) is 11.2. The van der Waals surface area contributed by atoms with Crippen molar-refractivity contribution in [2.75, 3.05) is 5.32 Å². The summed E-state index contributed by atoms with van der Waals surface area (Å²) in [5.41, 5.74) is 0.646. The summed E-state index contributed by atoms with van der Waals surface area (Å²) in [5.74, 6) is 1.07. The van der Waals surface area contributed by atoms with Crippen LogP contribution in [0.25, 0.3) is 5.65 Å². The van der Waals surface area contributed by atoms with Gasteiger partial charge in [-0.25, -0.2) is 4.98 Å². The van der Waals surface area contributed by atoms with E-state index in [0.717, 1.165) is 0 Å². The van der Waals surface area contributed by atoms with E-state index in [9.17, 15) is 4.79 Å². The smallest absolute Gasteiger partial charge is 0.240 e. The lowest BCUT2D eigenvalue weighted by Gasteiger charge is -2.07. The number of aromatic amines is 1. The Morgan fingerprint density at radius 2 is 2.18 bits per heavy atom. The van der Waals surface area contributed by atoms with E-state index in [-0.39, 0.29) is 11.6 Å². The molecular formula is C14H10N6OS. The summed E-state index contributed by atoms with van der Waals surface area (Å²) in [5, 5.41) is 11.7. The molecule has 7 nitrogen and oxygen atoms in total. The molecule has 22 heavy (non-hydrogen) atoms. The highest BCUT2D eigenvalue weighted by atomic mass is 32.1. The second-order valence-electron chi connectivity index (χ2n) is 4.50. The van der Waals surface area contributed by atoms with Gasteiger partial charge < -0.3 is 5.32 Å². The molecule has 4 heterocycles. The van der Waals surface area contributed by atoms with Crippen molar-refractivity contribution >= 4 is 34.5 Å². The summed E-state index contributed by atoms with van der Waals surface area (Å²) >= 11 is 1.37. The fourth-order valence-corrected chi connectivity index (χ4v) is 2.74. The predicted molar refractivity (Wildman–Crippen MR) is 82.6 cm³/mol. The number of carbonyl (C=O) groups is 1. The highest BCUT2D eigenvalue weighted by Gasteiger charge is 2.17. The van der Waals surface area contributed by atoms with Gasteiger partial charge in [0.15, 0.2) is 5.82 Å². The summed E-state index contributed by atoms with van der Waals surface area (Å²) in [4.78, 5) is 21.7. The normalized spacial score (nSPS) is 10.9. The summed E-state index contributed by atoms with van der Waals surface area (Å²) in [6.07, 6.45) is 3.53. The summed E-state index contributed by atoms with van der Waals surface area (Å²) < 4.78 is 1.76. The zero-order chi connectivity index (χ0) is 14.9. The van der Waals surface area contributed by atoms with Gasteiger partial charge in [0.25, 0.3) is 0 Å². The van der Waals surface area contributed by atoms with Gasteiger partial charge in [0.2, 0.25) is 17.6 Å². The van der Waals surface area contributed by atoms with Crippen LogP contribution in [0.15, 0.2) is 48.1 Å². The van der Waals surface area contributed by atoms with Crippen molar-refractivity contribution in [3.8, 4) is 0 Å². The molecule has 0 aliphatic rings. The molecule has 0 aliphatic carbocycles. The number of hydrogen-bond donors (Lipinski definition) is 2. The molecule has 0 saturated heterocycles. The minimum Gasteiger partial charge on any atom is -0.308 e. The van der Waals surface area contributed by atoms with Crippen molar-refractivity contribution in [1.29, 1.82) is 0 Å². The highest BCUT2D eigenvalue weighted by Crippen LogP contribution is 2.18. The number of hydrogen-bond acceptors (Lipinski definition) is 6. The number of rotatable bonds is 4. The molecule has 0 saturated carbocycles. The summed E-state index contributed by atoms with van der Waals surface area (Å²) in [6.45, 7) is 0. The maximum Gasteiger partial charge on any atom is 0.240 e. The van der Waals surface area contributed by atoms with E-state index in [2.05, 4.69) is 25.5 Å². The van der Waals surface area contributed by atoms with Gasteiger partial charge in [-0.15, -0.1) is 11.3 Å². The van der Waals surface area contributed by atoms with E-state index in [1.807, 2.05) is 29.8 Å². The number of thiophene rings is 1. The maximum absolute atomic E-state index is 12.5. The monoisotopic (exact) mass is 310 g/mol. The average Bonchev–Trinajstić information content (AvgIpc) is 3.27. The van der Waals surface area contributed by atoms with Gasteiger partial charge in [0.1, 0.15) is 5.65 Å². The Labute approximate surface area is 128 Å². The first-order valence-electron chi connectivity index (χ1n) is 6.51. The van der Waals surface area contributed by atoms with Crippen LogP contribution in [0, 0.1) is 0 Å². The van der Waals surface area contributed by atoms with Gasteiger partial charge in [-0.1, -0.05) is 6.07 Å². The van der Waals surface area contributed by atoms with E-state index in [1.54, 1.807) is 22.7 Å². The molecule has 0 amide bonds. The van der Waals surface area contributed by atoms with Crippen LogP contribution >= 0.6 is 11.3 Å². The van der Waals surface area contributed by atoms with Crippen LogP contribution in [-0.4, -0.2) is 30.3 Å². The van der Waals surface area contributed by atoms with Crippen molar-refractivity contribution in [3.63, 3.8) is 0 Å². The van der Waals surface area contributed by atoms with Crippen LogP contribution in [-0.2, 0) is 0 Å². The minimum atomic E-state index is -0.191. The molecule has 0 aromatic carbocycles. The first-order valence-corrected chi connectivity index (χ1v) is 7.39. The van der Waals surface area contributed by atoms with Crippen LogP contribution in [0.5, 0.6) is 0 Å². The quantitative estimate of drug-likeness (QED) is 0.565. The zero-order valence-corrected chi connectivity index (χ0v) is 12.0. The molecular weight excluding hydrogens is 300 g/mol. The molecule has 0 spiro atoms. The number of aromatic nitrogens is 5. The molecule has 0 radical (unpaired) electrons. The van der Waals surface area contributed by atoms with Crippen molar-refractivity contribution in [3.05, 3.63) is 58.8 Å². The maximum atomic E-state index is 12.5. The topological polar surface area (TPSA) is 88.0 Å². The Hall–Kier alpha value is -3.00. The van der Waals surface area contributed by atoms with E-state index in [0.29, 0.717) is 22.3 Å². The van der Waals surface area contributed by atoms with E-state index in [4.69, 9.17) is 0 Å². The third kappa shape index (κ3) is 2.15. The second kappa shape index (κ2) is 5.08. The van der Waals surface area contributed by atoms with Crippen LogP contribution in [0.3, 0.4) is 0 Å². The van der Waals surface area contributed by atoms with Gasteiger partial charge in [0, 0.05) is 18.5 Å². The van der Waals surface area contributed by atoms with Gasteiger partial charge >= 0.3 is 0 Å². The number of nitrogens with one attached hydrogen (secondary N) is 2. The molecule has 8 heteroatoms. The number of carbonyl (C=O) groups excluding carboxylic acids is 1. The second-order valence-corrected chi connectivity index (χ2v) is 5.45. The van der Waals surface area contributed by atoms with Gasteiger partial charge in [0.05, 0.1) is 4.88 Å². The summed E-state index contributed by atoms with van der Waals surface area (Å²) in [6, 6.07) is 9.04. The van der Waals surface area contributed by atoms with Crippen molar-refractivity contribution in [2.45, 2.75) is 0 Å². The van der Waals surface area contributed by atoms with Crippen LogP contribution in [0.4, 0.5) is 11.8 Å².